The predicted molar refractivity (Wildman–Crippen MR) is 94.1 cm³/mol. The minimum absolute atomic E-state index is 0.130. The Morgan fingerprint density at radius 3 is 2.61 bits per heavy atom. The number of hydrogen-bond acceptors (Lipinski definition) is 4. The minimum Gasteiger partial charge on any atom is -0.326 e. The molecule has 0 aliphatic rings. The standard InChI is InChI=1S/C17H19N3O2S/c1-4-15-8-9-16(23-15)17(22)20-19-11(2)13-6-5-7-14(10-13)18-12(3)21/h5-10H,4H2,1-3H3,(H,18,21)(H,20,22). The Bertz CT molecular complexity index is 750. The average Bonchev–Trinajstić information content (AvgIpc) is 3.01. The van der Waals surface area contributed by atoms with Crippen LogP contribution in [-0.4, -0.2) is 17.5 Å². The second-order valence-corrected chi connectivity index (χ2v) is 6.19. The maximum Gasteiger partial charge on any atom is 0.281 e. The molecule has 0 atom stereocenters. The van der Waals surface area contributed by atoms with Gasteiger partial charge in [-0.25, -0.2) is 5.43 Å². The normalized spacial score (nSPS) is 11.2. The Morgan fingerprint density at radius 1 is 1.17 bits per heavy atom. The highest BCUT2D eigenvalue weighted by Crippen LogP contribution is 2.16. The van der Waals surface area contributed by atoms with E-state index in [0.717, 1.165) is 12.0 Å². The second kappa shape index (κ2) is 7.69. The van der Waals surface area contributed by atoms with E-state index in [1.807, 2.05) is 24.3 Å². The van der Waals surface area contributed by atoms with Crippen LogP contribution in [-0.2, 0) is 11.2 Å². The summed E-state index contributed by atoms with van der Waals surface area (Å²) in [5.74, 6) is -0.346. The summed E-state index contributed by atoms with van der Waals surface area (Å²) in [7, 11) is 0. The van der Waals surface area contributed by atoms with E-state index in [1.54, 1.807) is 19.1 Å². The van der Waals surface area contributed by atoms with Gasteiger partial charge in [-0.2, -0.15) is 5.10 Å². The van der Waals surface area contributed by atoms with E-state index in [-0.39, 0.29) is 11.8 Å². The molecule has 0 fully saturated rings. The largest absolute Gasteiger partial charge is 0.326 e. The van der Waals surface area contributed by atoms with Gasteiger partial charge < -0.3 is 5.32 Å². The molecule has 2 amide bonds. The number of hydrazone groups is 1. The lowest BCUT2D eigenvalue weighted by atomic mass is 10.1. The monoisotopic (exact) mass is 329 g/mol. The van der Waals surface area contributed by atoms with Gasteiger partial charge in [0.05, 0.1) is 10.6 Å². The van der Waals surface area contributed by atoms with Crippen molar-refractivity contribution in [2.45, 2.75) is 27.2 Å². The molecular formula is C17H19N3O2S. The number of aryl methyl sites for hydroxylation is 1. The predicted octanol–water partition coefficient (Wildman–Crippen LogP) is 3.42. The minimum atomic E-state index is -0.216. The van der Waals surface area contributed by atoms with Crippen molar-refractivity contribution in [2.75, 3.05) is 5.32 Å². The number of carbonyl (C=O) groups excluding carboxylic acids is 2. The molecule has 0 radical (unpaired) electrons. The molecule has 1 aromatic heterocycles. The van der Waals surface area contributed by atoms with Crippen LogP contribution in [0.2, 0.25) is 0 Å². The molecular weight excluding hydrogens is 310 g/mol. The second-order valence-electron chi connectivity index (χ2n) is 5.02. The van der Waals surface area contributed by atoms with Crippen LogP contribution < -0.4 is 10.7 Å². The Kier molecular flexibility index (Phi) is 5.65. The van der Waals surface area contributed by atoms with Crippen LogP contribution >= 0.6 is 11.3 Å². The van der Waals surface area contributed by atoms with Crippen molar-refractivity contribution >= 4 is 34.6 Å². The van der Waals surface area contributed by atoms with Gasteiger partial charge in [0.15, 0.2) is 0 Å². The molecule has 0 saturated carbocycles. The van der Waals surface area contributed by atoms with Gasteiger partial charge in [0.1, 0.15) is 0 Å². The van der Waals surface area contributed by atoms with Crippen LogP contribution in [0.15, 0.2) is 41.5 Å². The number of thiophene rings is 1. The number of rotatable bonds is 5. The molecule has 23 heavy (non-hydrogen) atoms. The maximum absolute atomic E-state index is 12.1. The molecule has 1 aromatic carbocycles. The molecule has 2 aromatic rings. The van der Waals surface area contributed by atoms with E-state index in [4.69, 9.17) is 0 Å². The molecule has 1 heterocycles. The number of benzene rings is 1. The van der Waals surface area contributed by atoms with E-state index in [1.165, 1.54) is 23.1 Å². The highest BCUT2D eigenvalue weighted by atomic mass is 32.1. The average molecular weight is 329 g/mol. The molecule has 0 spiro atoms. The zero-order valence-electron chi connectivity index (χ0n) is 13.3. The fourth-order valence-corrected chi connectivity index (χ4v) is 2.81. The first-order valence-corrected chi connectivity index (χ1v) is 8.12. The Labute approximate surface area is 139 Å². The first-order valence-electron chi connectivity index (χ1n) is 7.31. The van der Waals surface area contributed by atoms with Gasteiger partial charge in [0.2, 0.25) is 5.91 Å². The number of carbonyl (C=O) groups is 2. The summed E-state index contributed by atoms with van der Waals surface area (Å²) in [4.78, 5) is 25.0. The maximum atomic E-state index is 12.1. The van der Waals surface area contributed by atoms with E-state index < -0.39 is 0 Å². The molecule has 120 valence electrons. The van der Waals surface area contributed by atoms with E-state index in [9.17, 15) is 9.59 Å². The van der Waals surface area contributed by atoms with Gasteiger partial charge in [-0.15, -0.1) is 11.3 Å². The highest BCUT2D eigenvalue weighted by Gasteiger charge is 2.08. The SMILES string of the molecule is CCc1ccc(C(=O)NN=C(C)c2cccc(NC(C)=O)c2)s1. The zero-order valence-corrected chi connectivity index (χ0v) is 14.2. The van der Waals surface area contributed by atoms with Gasteiger partial charge in [0, 0.05) is 17.5 Å². The third kappa shape index (κ3) is 4.75. The van der Waals surface area contributed by atoms with Crippen molar-refractivity contribution in [1.82, 2.24) is 5.43 Å². The summed E-state index contributed by atoms with van der Waals surface area (Å²) in [5.41, 5.74) is 4.76. The smallest absolute Gasteiger partial charge is 0.281 e. The van der Waals surface area contributed by atoms with E-state index in [2.05, 4.69) is 22.8 Å². The molecule has 2 rings (SSSR count). The van der Waals surface area contributed by atoms with Gasteiger partial charge in [-0.3, -0.25) is 9.59 Å². The number of nitrogens with one attached hydrogen (secondary N) is 2. The molecule has 0 aliphatic heterocycles. The fraction of sp³-hybridized carbons (Fsp3) is 0.235. The van der Waals surface area contributed by atoms with Crippen LogP contribution in [0.5, 0.6) is 0 Å². The zero-order chi connectivity index (χ0) is 16.8. The summed E-state index contributed by atoms with van der Waals surface area (Å²) in [6, 6.07) is 11.1. The van der Waals surface area contributed by atoms with E-state index >= 15 is 0 Å². The lowest BCUT2D eigenvalue weighted by Crippen LogP contribution is -2.18. The number of anilines is 1. The van der Waals surface area contributed by atoms with Crippen molar-refractivity contribution in [2.24, 2.45) is 5.10 Å². The van der Waals surface area contributed by atoms with Crippen LogP contribution in [0.3, 0.4) is 0 Å². The summed E-state index contributed by atoms with van der Waals surface area (Å²) < 4.78 is 0. The Balaban J connectivity index is 2.07. The number of nitrogens with zero attached hydrogens (tertiary/aromatic N) is 1. The highest BCUT2D eigenvalue weighted by molar-refractivity contribution is 7.14. The molecule has 0 unspecified atom stereocenters. The van der Waals surface area contributed by atoms with Crippen LogP contribution in [0, 0.1) is 0 Å². The fourth-order valence-electron chi connectivity index (χ4n) is 1.97. The van der Waals surface area contributed by atoms with Crippen LogP contribution in [0.25, 0.3) is 0 Å². The van der Waals surface area contributed by atoms with Gasteiger partial charge in [0.25, 0.3) is 5.91 Å². The van der Waals surface area contributed by atoms with Crippen molar-refractivity contribution in [3.8, 4) is 0 Å². The Hall–Kier alpha value is -2.47. The lowest BCUT2D eigenvalue weighted by Gasteiger charge is -2.06. The first kappa shape index (κ1) is 16.9. The number of hydrogen-bond donors (Lipinski definition) is 2. The molecule has 0 aliphatic carbocycles. The summed E-state index contributed by atoms with van der Waals surface area (Å²) >= 11 is 1.47. The van der Waals surface area contributed by atoms with Crippen LogP contribution in [0.1, 0.15) is 40.9 Å². The lowest BCUT2D eigenvalue weighted by molar-refractivity contribution is -0.114. The van der Waals surface area contributed by atoms with E-state index in [0.29, 0.717) is 16.3 Å². The van der Waals surface area contributed by atoms with Crippen molar-refractivity contribution in [3.63, 3.8) is 0 Å². The summed E-state index contributed by atoms with van der Waals surface area (Å²) in [5, 5.41) is 6.86. The third-order valence-electron chi connectivity index (χ3n) is 3.16. The van der Waals surface area contributed by atoms with Crippen molar-refractivity contribution < 1.29 is 9.59 Å². The third-order valence-corrected chi connectivity index (χ3v) is 4.39. The van der Waals surface area contributed by atoms with Crippen molar-refractivity contribution in [3.05, 3.63) is 51.7 Å². The summed E-state index contributed by atoms with van der Waals surface area (Å²) in [6.45, 7) is 5.32. The molecule has 0 bridgehead atoms. The number of amides is 2. The van der Waals surface area contributed by atoms with Gasteiger partial charge in [-0.1, -0.05) is 19.1 Å². The molecule has 2 N–H and O–H groups in total. The topological polar surface area (TPSA) is 70.6 Å². The van der Waals surface area contributed by atoms with Gasteiger partial charge >= 0.3 is 0 Å². The van der Waals surface area contributed by atoms with Crippen LogP contribution in [0.4, 0.5) is 5.69 Å². The molecule has 5 nitrogen and oxygen atoms in total. The Morgan fingerprint density at radius 2 is 1.96 bits per heavy atom. The molecule has 0 saturated heterocycles. The quantitative estimate of drug-likeness (QED) is 0.652. The molecule has 6 heteroatoms. The van der Waals surface area contributed by atoms with Gasteiger partial charge in [-0.05, 0) is 43.2 Å². The summed E-state index contributed by atoms with van der Waals surface area (Å²) in [6.07, 6.45) is 0.913. The first-order chi connectivity index (χ1) is 11.0. The van der Waals surface area contributed by atoms with Crippen molar-refractivity contribution in [1.29, 1.82) is 0 Å².